The fourth-order valence-electron chi connectivity index (χ4n) is 0.570. The first-order valence-electron chi connectivity index (χ1n) is 2.94. The van der Waals surface area contributed by atoms with E-state index in [0.717, 1.165) is 5.75 Å². The van der Waals surface area contributed by atoms with E-state index in [1.165, 1.54) is 0 Å². The van der Waals surface area contributed by atoms with Crippen molar-refractivity contribution in [2.24, 2.45) is 0 Å². The third-order valence-electron chi connectivity index (χ3n) is 0.911. The van der Waals surface area contributed by atoms with Crippen LogP contribution in [0.2, 0.25) is 0 Å². The summed E-state index contributed by atoms with van der Waals surface area (Å²) in [5.74, 6) is 0.740. The molecule has 0 spiro atoms. The van der Waals surface area contributed by atoms with Crippen LogP contribution in [0, 0.1) is 0 Å². The highest BCUT2D eigenvalue weighted by atomic mass is 79.9. The SMILES string of the molecule is CCOc1cnnc(Br)c1. The zero-order valence-electron chi connectivity index (χ0n) is 5.54. The van der Waals surface area contributed by atoms with E-state index >= 15 is 0 Å². The van der Waals surface area contributed by atoms with Crippen LogP contribution in [0.1, 0.15) is 6.92 Å². The van der Waals surface area contributed by atoms with Crippen LogP contribution >= 0.6 is 15.9 Å². The predicted molar refractivity (Wildman–Crippen MR) is 40.9 cm³/mol. The molecule has 1 heterocycles. The molecule has 3 nitrogen and oxygen atoms in total. The number of hydrogen-bond donors (Lipinski definition) is 0. The Bertz CT molecular complexity index is 217. The molecule has 0 fully saturated rings. The van der Waals surface area contributed by atoms with Gasteiger partial charge >= 0.3 is 0 Å². The molecular weight excluding hydrogens is 196 g/mol. The molecular formula is C6H7BrN2O. The highest BCUT2D eigenvalue weighted by Crippen LogP contribution is 2.12. The molecule has 0 aliphatic heterocycles. The molecule has 0 aliphatic carbocycles. The molecule has 0 unspecified atom stereocenters. The van der Waals surface area contributed by atoms with Crippen molar-refractivity contribution in [3.05, 3.63) is 16.9 Å². The highest BCUT2D eigenvalue weighted by molar-refractivity contribution is 9.10. The smallest absolute Gasteiger partial charge is 0.142 e. The lowest BCUT2D eigenvalue weighted by molar-refractivity contribution is 0.337. The van der Waals surface area contributed by atoms with Crippen molar-refractivity contribution in [1.82, 2.24) is 10.2 Å². The quantitative estimate of drug-likeness (QED) is 0.732. The van der Waals surface area contributed by atoms with Gasteiger partial charge in [0.15, 0.2) is 0 Å². The molecule has 0 amide bonds. The summed E-state index contributed by atoms with van der Waals surface area (Å²) in [7, 11) is 0. The van der Waals surface area contributed by atoms with E-state index in [2.05, 4.69) is 26.1 Å². The second-order valence-corrected chi connectivity index (χ2v) is 2.46. The van der Waals surface area contributed by atoms with E-state index in [-0.39, 0.29) is 0 Å². The van der Waals surface area contributed by atoms with Crippen molar-refractivity contribution >= 4 is 15.9 Å². The normalized spacial score (nSPS) is 9.40. The average Bonchev–Trinajstić information content (AvgIpc) is 1.88. The third kappa shape index (κ3) is 1.95. The van der Waals surface area contributed by atoms with Crippen molar-refractivity contribution in [3.8, 4) is 5.75 Å². The zero-order valence-corrected chi connectivity index (χ0v) is 7.13. The summed E-state index contributed by atoms with van der Waals surface area (Å²) < 4.78 is 5.85. The maximum absolute atomic E-state index is 5.15. The van der Waals surface area contributed by atoms with Gasteiger partial charge in [0.2, 0.25) is 0 Å². The molecule has 0 aromatic carbocycles. The van der Waals surface area contributed by atoms with Crippen LogP contribution in [0.3, 0.4) is 0 Å². The average molecular weight is 203 g/mol. The topological polar surface area (TPSA) is 35.0 Å². The van der Waals surface area contributed by atoms with E-state index in [1.807, 2.05) is 6.92 Å². The molecule has 0 saturated heterocycles. The Balaban J connectivity index is 2.75. The molecule has 0 atom stereocenters. The number of aromatic nitrogens is 2. The molecule has 10 heavy (non-hydrogen) atoms. The van der Waals surface area contributed by atoms with Gasteiger partial charge in [0.05, 0.1) is 12.8 Å². The second kappa shape index (κ2) is 3.51. The Morgan fingerprint density at radius 2 is 2.50 bits per heavy atom. The Kier molecular flexibility index (Phi) is 2.62. The lowest BCUT2D eigenvalue weighted by atomic mass is 10.5. The van der Waals surface area contributed by atoms with Crippen molar-refractivity contribution in [1.29, 1.82) is 0 Å². The van der Waals surface area contributed by atoms with Crippen molar-refractivity contribution < 1.29 is 4.74 Å². The summed E-state index contributed by atoms with van der Waals surface area (Å²) in [6, 6.07) is 1.77. The van der Waals surface area contributed by atoms with Crippen LogP contribution in [-0.2, 0) is 0 Å². The van der Waals surface area contributed by atoms with Gasteiger partial charge in [-0.25, -0.2) is 0 Å². The first-order valence-corrected chi connectivity index (χ1v) is 3.73. The molecule has 54 valence electrons. The molecule has 4 heteroatoms. The van der Waals surface area contributed by atoms with Gasteiger partial charge in [-0.15, -0.1) is 5.10 Å². The largest absolute Gasteiger partial charge is 0.492 e. The van der Waals surface area contributed by atoms with Crippen molar-refractivity contribution in [3.63, 3.8) is 0 Å². The summed E-state index contributed by atoms with van der Waals surface area (Å²) in [5.41, 5.74) is 0. The van der Waals surface area contributed by atoms with Crippen LogP contribution < -0.4 is 4.74 Å². The van der Waals surface area contributed by atoms with E-state index in [1.54, 1.807) is 12.3 Å². The summed E-state index contributed by atoms with van der Waals surface area (Å²) in [6.45, 7) is 2.58. The molecule has 1 aromatic heterocycles. The van der Waals surface area contributed by atoms with Crippen LogP contribution in [-0.4, -0.2) is 16.8 Å². The lowest BCUT2D eigenvalue weighted by Gasteiger charge is -1.99. The maximum Gasteiger partial charge on any atom is 0.142 e. The van der Waals surface area contributed by atoms with Gasteiger partial charge in [-0.3, -0.25) is 0 Å². The number of nitrogens with zero attached hydrogens (tertiary/aromatic N) is 2. The van der Waals surface area contributed by atoms with Gasteiger partial charge in [0.1, 0.15) is 10.4 Å². The number of rotatable bonds is 2. The first-order chi connectivity index (χ1) is 4.83. The van der Waals surface area contributed by atoms with Crippen LogP contribution in [0.15, 0.2) is 16.9 Å². The second-order valence-electron chi connectivity index (χ2n) is 1.65. The molecule has 0 aliphatic rings. The Hall–Kier alpha value is -0.640. The minimum absolute atomic E-state index is 0.651. The number of hydrogen-bond acceptors (Lipinski definition) is 3. The molecule has 0 N–H and O–H groups in total. The fourth-order valence-corrected chi connectivity index (χ4v) is 0.887. The lowest BCUT2D eigenvalue weighted by Crippen LogP contribution is -1.92. The third-order valence-corrected chi connectivity index (χ3v) is 1.30. The zero-order chi connectivity index (χ0) is 7.40. The van der Waals surface area contributed by atoms with Gasteiger partial charge in [0.25, 0.3) is 0 Å². The number of halogens is 1. The minimum atomic E-state index is 0.651. The molecule has 1 rings (SSSR count). The van der Waals surface area contributed by atoms with Gasteiger partial charge < -0.3 is 4.74 Å². The van der Waals surface area contributed by atoms with E-state index < -0.39 is 0 Å². The summed E-state index contributed by atoms with van der Waals surface area (Å²) in [5, 5.41) is 7.39. The highest BCUT2D eigenvalue weighted by Gasteiger charge is 1.92. The van der Waals surface area contributed by atoms with E-state index in [0.29, 0.717) is 11.2 Å². The summed E-state index contributed by atoms with van der Waals surface area (Å²) in [6.07, 6.45) is 1.58. The minimum Gasteiger partial charge on any atom is -0.492 e. The van der Waals surface area contributed by atoms with E-state index in [9.17, 15) is 0 Å². The maximum atomic E-state index is 5.15. The van der Waals surface area contributed by atoms with Crippen LogP contribution in [0.5, 0.6) is 5.75 Å². The summed E-state index contributed by atoms with van der Waals surface area (Å²) in [4.78, 5) is 0. The Morgan fingerprint density at radius 3 is 3.10 bits per heavy atom. The van der Waals surface area contributed by atoms with Gasteiger partial charge in [-0.2, -0.15) is 5.10 Å². The standard InChI is InChI=1S/C6H7BrN2O/c1-2-10-5-3-6(7)9-8-4-5/h3-4H,2H2,1H3. The van der Waals surface area contributed by atoms with Gasteiger partial charge in [-0.1, -0.05) is 0 Å². The monoisotopic (exact) mass is 202 g/mol. The summed E-state index contributed by atoms with van der Waals surface area (Å²) >= 11 is 3.18. The fraction of sp³-hybridized carbons (Fsp3) is 0.333. The first kappa shape index (κ1) is 7.47. The van der Waals surface area contributed by atoms with Crippen LogP contribution in [0.4, 0.5) is 0 Å². The van der Waals surface area contributed by atoms with Crippen molar-refractivity contribution in [2.75, 3.05) is 6.61 Å². The Morgan fingerprint density at radius 1 is 1.70 bits per heavy atom. The predicted octanol–water partition coefficient (Wildman–Crippen LogP) is 1.64. The molecule has 0 bridgehead atoms. The molecule has 0 radical (unpaired) electrons. The van der Waals surface area contributed by atoms with Crippen LogP contribution in [0.25, 0.3) is 0 Å². The van der Waals surface area contributed by atoms with E-state index in [4.69, 9.17) is 4.74 Å². The van der Waals surface area contributed by atoms with Gasteiger partial charge in [-0.05, 0) is 22.9 Å². The molecule has 0 saturated carbocycles. The van der Waals surface area contributed by atoms with Crippen molar-refractivity contribution in [2.45, 2.75) is 6.92 Å². The number of ether oxygens (including phenoxy) is 1. The Labute approximate surface area is 67.6 Å². The molecule has 1 aromatic rings. The van der Waals surface area contributed by atoms with Gasteiger partial charge in [0, 0.05) is 6.07 Å².